The van der Waals surface area contributed by atoms with E-state index in [1.54, 1.807) is 6.07 Å². The maximum absolute atomic E-state index is 11.9. The number of amides is 2. The van der Waals surface area contributed by atoms with Gasteiger partial charge in [-0.1, -0.05) is 6.07 Å². The van der Waals surface area contributed by atoms with Gasteiger partial charge in [0.05, 0.1) is 12.0 Å². The van der Waals surface area contributed by atoms with E-state index >= 15 is 0 Å². The van der Waals surface area contributed by atoms with Gasteiger partial charge in [0.2, 0.25) is 0 Å². The minimum atomic E-state index is -1.26. The van der Waals surface area contributed by atoms with Gasteiger partial charge in [0.1, 0.15) is 6.54 Å². The van der Waals surface area contributed by atoms with Gasteiger partial charge in [-0.25, -0.2) is 0 Å². The molecule has 0 aliphatic carbocycles. The molecule has 8 heteroatoms. The zero-order valence-electron chi connectivity index (χ0n) is 10.9. The molecule has 1 fully saturated rings. The van der Waals surface area contributed by atoms with Crippen LogP contribution < -0.4 is 4.74 Å². The third kappa shape index (κ3) is 3.16. The topological polar surface area (TPSA) is 104 Å². The second-order valence-corrected chi connectivity index (χ2v) is 5.09. The highest BCUT2D eigenvalue weighted by Crippen LogP contribution is 2.33. The first-order chi connectivity index (χ1) is 9.92. The number of hydrogen-bond acceptors (Lipinski definition) is 6. The Hall–Kier alpha value is -2.48. The van der Waals surface area contributed by atoms with E-state index in [0.717, 1.165) is 0 Å². The van der Waals surface area contributed by atoms with Crippen LogP contribution in [-0.2, 0) is 9.59 Å². The SMILES string of the molecule is COc1ccc(C=C2SC(=O)N(CC(=O)O)C2=O)cc1O. The summed E-state index contributed by atoms with van der Waals surface area (Å²) in [5.74, 6) is -1.74. The molecule has 1 aromatic rings. The van der Waals surface area contributed by atoms with E-state index in [9.17, 15) is 19.5 Å². The molecule has 0 aromatic heterocycles. The Morgan fingerprint density at radius 1 is 1.43 bits per heavy atom. The first kappa shape index (κ1) is 14.9. The summed E-state index contributed by atoms with van der Waals surface area (Å²) >= 11 is 0.657. The minimum absolute atomic E-state index is 0.101. The third-order valence-electron chi connectivity index (χ3n) is 2.67. The van der Waals surface area contributed by atoms with Gasteiger partial charge < -0.3 is 14.9 Å². The second-order valence-electron chi connectivity index (χ2n) is 4.09. The zero-order chi connectivity index (χ0) is 15.6. The number of aromatic hydroxyl groups is 1. The number of thioether (sulfide) groups is 1. The maximum atomic E-state index is 11.9. The molecule has 0 saturated carbocycles. The summed E-state index contributed by atoms with van der Waals surface area (Å²) in [5.41, 5.74) is 0.495. The van der Waals surface area contributed by atoms with E-state index in [-0.39, 0.29) is 16.4 Å². The number of phenols is 1. The van der Waals surface area contributed by atoms with Crippen molar-refractivity contribution in [2.45, 2.75) is 0 Å². The highest BCUT2D eigenvalue weighted by Gasteiger charge is 2.36. The number of phenolic OH excluding ortho intramolecular Hbond substituents is 1. The average molecular weight is 309 g/mol. The zero-order valence-corrected chi connectivity index (χ0v) is 11.7. The average Bonchev–Trinajstić information content (AvgIpc) is 2.66. The summed E-state index contributed by atoms with van der Waals surface area (Å²) in [6, 6.07) is 4.50. The van der Waals surface area contributed by atoms with Crippen LogP contribution in [0, 0.1) is 0 Å². The van der Waals surface area contributed by atoms with E-state index in [1.807, 2.05) is 0 Å². The highest BCUT2D eigenvalue weighted by molar-refractivity contribution is 8.18. The van der Waals surface area contributed by atoms with Crippen LogP contribution in [0.25, 0.3) is 6.08 Å². The number of methoxy groups -OCH3 is 1. The molecule has 1 aliphatic heterocycles. The number of carbonyl (C=O) groups is 3. The van der Waals surface area contributed by atoms with Gasteiger partial charge in [0.15, 0.2) is 11.5 Å². The normalized spacial score (nSPS) is 16.6. The molecule has 0 atom stereocenters. The first-order valence-electron chi connectivity index (χ1n) is 5.76. The lowest BCUT2D eigenvalue weighted by Crippen LogP contribution is -2.33. The van der Waals surface area contributed by atoms with Crippen molar-refractivity contribution < 1.29 is 29.3 Å². The number of imide groups is 1. The van der Waals surface area contributed by atoms with Crippen molar-refractivity contribution in [2.75, 3.05) is 13.7 Å². The molecule has 7 nitrogen and oxygen atoms in total. The first-order valence-corrected chi connectivity index (χ1v) is 6.58. The standard InChI is InChI=1S/C13H11NO6S/c1-20-9-3-2-7(4-8(9)15)5-10-12(18)14(6-11(16)17)13(19)21-10/h2-5,15H,6H2,1H3,(H,16,17). The molecule has 0 bridgehead atoms. The van der Waals surface area contributed by atoms with Gasteiger partial charge in [-0.05, 0) is 35.5 Å². The Kier molecular flexibility index (Phi) is 4.18. The lowest BCUT2D eigenvalue weighted by Gasteiger charge is -2.07. The van der Waals surface area contributed by atoms with Gasteiger partial charge in [-0.15, -0.1) is 0 Å². The van der Waals surface area contributed by atoms with Crippen LogP contribution >= 0.6 is 11.8 Å². The van der Waals surface area contributed by atoms with Gasteiger partial charge in [0.25, 0.3) is 11.1 Å². The Morgan fingerprint density at radius 3 is 2.71 bits per heavy atom. The molecule has 1 aromatic carbocycles. The molecule has 110 valence electrons. The van der Waals surface area contributed by atoms with Gasteiger partial charge in [-0.3, -0.25) is 19.3 Å². The molecule has 2 amide bonds. The molecular weight excluding hydrogens is 298 g/mol. The van der Waals surface area contributed by atoms with E-state index in [4.69, 9.17) is 9.84 Å². The number of aliphatic carboxylic acids is 1. The molecular formula is C13H11NO6S. The number of benzene rings is 1. The summed E-state index contributed by atoms with van der Waals surface area (Å²) in [5, 5.41) is 17.7. The van der Waals surface area contributed by atoms with Crippen molar-refractivity contribution in [3.8, 4) is 11.5 Å². The summed E-state index contributed by atoms with van der Waals surface area (Å²) in [6.07, 6.45) is 1.41. The number of carboxylic acid groups (broad SMARTS) is 1. The fourth-order valence-corrected chi connectivity index (χ4v) is 2.56. The van der Waals surface area contributed by atoms with Crippen LogP contribution in [0.1, 0.15) is 5.56 Å². The maximum Gasteiger partial charge on any atom is 0.323 e. The van der Waals surface area contributed by atoms with E-state index in [0.29, 0.717) is 22.2 Å². The molecule has 1 heterocycles. The van der Waals surface area contributed by atoms with Crippen molar-refractivity contribution in [2.24, 2.45) is 0 Å². The largest absolute Gasteiger partial charge is 0.504 e. The highest BCUT2D eigenvalue weighted by atomic mass is 32.2. The predicted molar refractivity (Wildman–Crippen MR) is 75.0 cm³/mol. The summed E-state index contributed by atoms with van der Waals surface area (Å²) < 4.78 is 4.90. The number of carbonyl (C=O) groups excluding carboxylic acids is 2. The number of carboxylic acids is 1. The van der Waals surface area contributed by atoms with Crippen molar-refractivity contribution in [3.63, 3.8) is 0 Å². The molecule has 1 saturated heterocycles. The third-order valence-corrected chi connectivity index (χ3v) is 3.58. The van der Waals surface area contributed by atoms with Gasteiger partial charge in [-0.2, -0.15) is 0 Å². The molecule has 1 aliphatic rings. The molecule has 2 rings (SSSR count). The Labute approximate surface area is 123 Å². The van der Waals surface area contributed by atoms with E-state index < -0.39 is 23.7 Å². The monoisotopic (exact) mass is 309 g/mol. The molecule has 0 unspecified atom stereocenters. The summed E-state index contributed by atoms with van der Waals surface area (Å²) in [7, 11) is 1.41. The number of rotatable bonds is 4. The fourth-order valence-electron chi connectivity index (χ4n) is 1.72. The van der Waals surface area contributed by atoms with Crippen LogP contribution in [0.15, 0.2) is 23.1 Å². The van der Waals surface area contributed by atoms with E-state index in [1.165, 1.54) is 25.3 Å². The lowest BCUT2D eigenvalue weighted by atomic mass is 10.2. The summed E-state index contributed by atoms with van der Waals surface area (Å²) in [4.78, 5) is 34.9. The summed E-state index contributed by atoms with van der Waals surface area (Å²) in [6.45, 7) is -0.671. The van der Waals surface area contributed by atoms with Crippen molar-refractivity contribution in [3.05, 3.63) is 28.7 Å². The quantitative estimate of drug-likeness (QED) is 0.812. The van der Waals surface area contributed by atoms with Crippen LogP contribution in [0.5, 0.6) is 11.5 Å². The number of ether oxygens (including phenoxy) is 1. The Balaban J connectivity index is 2.26. The fraction of sp³-hybridized carbons (Fsp3) is 0.154. The van der Waals surface area contributed by atoms with Crippen LogP contribution in [-0.4, -0.2) is 45.9 Å². The predicted octanol–water partition coefficient (Wildman–Crippen LogP) is 1.52. The number of hydrogen-bond donors (Lipinski definition) is 2. The van der Waals surface area contributed by atoms with Crippen LogP contribution in [0.4, 0.5) is 4.79 Å². The Bertz CT molecular complexity index is 654. The van der Waals surface area contributed by atoms with Crippen molar-refractivity contribution in [1.29, 1.82) is 0 Å². The van der Waals surface area contributed by atoms with Gasteiger partial charge >= 0.3 is 5.97 Å². The van der Waals surface area contributed by atoms with Crippen molar-refractivity contribution >= 4 is 35.0 Å². The molecule has 0 radical (unpaired) electrons. The van der Waals surface area contributed by atoms with Crippen molar-refractivity contribution in [1.82, 2.24) is 4.90 Å². The molecule has 2 N–H and O–H groups in total. The lowest BCUT2D eigenvalue weighted by molar-refractivity contribution is -0.140. The van der Waals surface area contributed by atoms with E-state index in [2.05, 4.69) is 0 Å². The minimum Gasteiger partial charge on any atom is -0.504 e. The molecule has 21 heavy (non-hydrogen) atoms. The molecule has 0 spiro atoms. The second kappa shape index (κ2) is 5.88. The smallest absolute Gasteiger partial charge is 0.323 e. The van der Waals surface area contributed by atoms with Crippen LogP contribution in [0.2, 0.25) is 0 Å². The number of nitrogens with zero attached hydrogens (tertiary/aromatic N) is 1. The van der Waals surface area contributed by atoms with Crippen LogP contribution in [0.3, 0.4) is 0 Å². The Morgan fingerprint density at radius 2 is 2.14 bits per heavy atom. The van der Waals surface area contributed by atoms with Gasteiger partial charge in [0, 0.05) is 0 Å².